The molecule has 1 fully saturated rings. The lowest BCUT2D eigenvalue weighted by atomic mass is 10.2. The molecular formula is C14H18ClFN2O. The minimum Gasteiger partial charge on any atom is -0.310 e. The molecule has 1 amide bonds. The molecule has 19 heavy (non-hydrogen) atoms. The highest BCUT2D eigenvalue weighted by molar-refractivity contribution is 6.30. The Morgan fingerprint density at radius 2 is 2.11 bits per heavy atom. The number of carbonyl (C=O) groups is 1. The van der Waals surface area contributed by atoms with Crippen LogP contribution in [0.4, 0.5) is 10.1 Å². The van der Waals surface area contributed by atoms with Crippen molar-refractivity contribution in [2.24, 2.45) is 0 Å². The lowest BCUT2D eigenvalue weighted by Crippen LogP contribution is -2.50. The number of unbranched alkanes of at least 4 members (excludes halogenated alkanes) is 1. The lowest BCUT2D eigenvalue weighted by molar-refractivity contribution is -0.121. The van der Waals surface area contributed by atoms with Crippen molar-refractivity contribution in [1.29, 1.82) is 0 Å². The third kappa shape index (κ3) is 3.91. The van der Waals surface area contributed by atoms with Crippen molar-refractivity contribution in [3.8, 4) is 0 Å². The first-order valence-corrected chi connectivity index (χ1v) is 6.93. The molecule has 0 aliphatic carbocycles. The molecule has 1 aliphatic heterocycles. The summed E-state index contributed by atoms with van der Waals surface area (Å²) in [5.74, 6) is 0.0776. The molecule has 104 valence electrons. The van der Waals surface area contributed by atoms with Gasteiger partial charge in [-0.1, -0.05) is 17.7 Å². The molecule has 0 radical (unpaired) electrons. The Morgan fingerprint density at radius 3 is 2.79 bits per heavy atom. The number of hydrogen-bond donors (Lipinski definition) is 0. The summed E-state index contributed by atoms with van der Waals surface area (Å²) >= 11 is 5.94. The minimum atomic E-state index is -0.281. The lowest BCUT2D eigenvalue weighted by Gasteiger charge is -2.34. The molecule has 1 heterocycles. The number of alkyl halides is 1. The molecule has 1 aromatic carbocycles. The van der Waals surface area contributed by atoms with Gasteiger partial charge in [-0.05, 0) is 37.6 Å². The fourth-order valence-electron chi connectivity index (χ4n) is 2.26. The van der Waals surface area contributed by atoms with E-state index < -0.39 is 0 Å². The van der Waals surface area contributed by atoms with Crippen molar-refractivity contribution in [1.82, 2.24) is 4.90 Å². The number of amides is 1. The van der Waals surface area contributed by atoms with E-state index in [1.165, 1.54) is 0 Å². The fourth-order valence-corrected chi connectivity index (χ4v) is 2.44. The van der Waals surface area contributed by atoms with E-state index in [-0.39, 0.29) is 12.6 Å². The first kappa shape index (κ1) is 14.3. The Morgan fingerprint density at radius 1 is 1.26 bits per heavy atom. The van der Waals surface area contributed by atoms with E-state index in [1.807, 2.05) is 12.1 Å². The summed E-state index contributed by atoms with van der Waals surface area (Å²) in [6, 6.07) is 7.34. The van der Waals surface area contributed by atoms with Gasteiger partial charge in [0.15, 0.2) is 0 Å². The van der Waals surface area contributed by atoms with Crippen molar-refractivity contribution in [2.45, 2.75) is 12.8 Å². The van der Waals surface area contributed by atoms with Gasteiger partial charge in [0.25, 0.3) is 0 Å². The number of nitrogens with zero attached hydrogens (tertiary/aromatic N) is 2. The fraction of sp³-hybridized carbons (Fsp3) is 0.500. The van der Waals surface area contributed by atoms with E-state index in [0.29, 0.717) is 24.5 Å². The van der Waals surface area contributed by atoms with Gasteiger partial charge >= 0.3 is 0 Å². The predicted molar refractivity (Wildman–Crippen MR) is 75.5 cm³/mol. The number of halogens is 2. The molecule has 1 saturated heterocycles. The van der Waals surface area contributed by atoms with Gasteiger partial charge in [0.1, 0.15) is 0 Å². The average molecular weight is 285 g/mol. The third-order valence-corrected chi connectivity index (χ3v) is 3.51. The molecule has 3 nitrogen and oxygen atoms in total. The van der Waals surface area contributed by atoms with Crippen molar-refractivity contribution in [3.63, 3.8) is 0 Å². The number of piperazine rings is 1. The molecule has 0 saturated carbocycles. The van der Waals surface area contributed by atoms with Crippen LogP contribution in [0.2, 0.25) is 5.02 Å². The van der Waals surface area contributed by atoms with E-state index >= 15 is 0 Å². The van der Waals surface area contributed by atoms with Crippen LogP contribution in [-0.2, 0) is 4.79 Å². The molecule has 1 aliphatic rings. The van der Waals surface area contributed by atoms with Gasteiger partial charge in [-0.2, -0.15) is 0 Å². The van der Waals surface area contributed by atoms with Crippen LogP contribution in [0.3, 0.4) is 0 Å². The highest BCUT2D eigenvalue weighted by Crippen LogP contribution is 2.21. The Hall–Kier alpha value is -1.13. The zero-order chi connectivity index (χ0) is 13.7. The van der Waals surface area contributed by atoms with Crippen LogP contribution >= 0.6 is 11.6 Å². The van der Waals surface area contributed by atoms with Crippen molar-refractivity contribution in [2.75, 3.05) is 37.8 Å². The van der Waals surface area contributed by atoms with E-state index in [1.54, 1.807) is 17.0 Å². The van der Waals surface area contributed by atoms with E-state index in [2.05, 4.69) is 4.90 Å². The second kappa shape index (κ2) is 6.87. The average Bonchev–Trinajstić information content (AvgIpc) is 2.39. The van der Waals surface area contributed by atoms with Crippen molar-refractivity contribution in [3.05, 3.63) is 29.3 Å². The van der Waals surface area contributed by atoms with Crippen LogP contribution in [0.15, 0.2) is 24.3 Å². The van der Waals surface area contributed by atoms with Gasteiger partial charge < -0.3 is 4.90 Å². The molecule has 2 rings (SSSR count). The maximum absolute atomic E-state index is 12.1. The first-order valence-electron chi connectivity index (χ1n) is 6.55. The van der Waals surface area contributed by atoms with Gasteiger partial charge in [0.2, 0.25) is 5.91 Å². The summed E-state index contributed by atoms with van der Waals surface area (Å²) in [6.07, 6.45) is 1.38. The Balaban J connectivity index is 1.92. The summed E-state index contributed by atoms with van der Waals surface area (Å²) in [5.41, 5.74) is 0.848. The van der Waals surface area contributed by atoms with Gasteiger partial charge in [-0.15, -0.1) is 0 Å². The van der Waals surface area contributed by atoms with Gasteiger partial charge in [-0.25, -0.2) is 0 Å². The second-order valence-corrected chi connectivity index (χ2v) is 5.13. The Kier molecular flexibility index (Phi) is 5.16. The molecule has 0 bridgehead atoms. The van der Waals surface area contributed by atoms with Crippen LogP contribution in [0.1, 0.15) is 12.8 Å². The maximum atomic E-state index is 12.1. The molecular weight excluding hydrogens is 267 g/mol. The first-order chi connectivity index (χ1) is 9.20. The highest BCUT2D eigenvalue weighted by Gasteiger charge is 2.24. The summed E-state index contributed by atoms with van der Waals surface area (Å²) in [4.78, 5) is 16.0. The quantitative estimate of drug-likeness (QED) is 0.776. The smallest absolute Gasteiger partial charge is 0.241 e. The monoisotopic (exact) mass is 284 g/mol. The summed E-state index contributed by atoms with van der Waals surface area (Å²) in [5, 5.41) is 0.635. The van der Waals surface area contributed by atoms with Crippen LogP contribution in [-0.4, -0.2) is 43.7 Å². The molecule has 5 heteroatoms. The van der Waals surface area contributed by atoms with Gasteiger partial charge in [-0.3, -0.25) is 14.1 Å². The molecule has 0 spiro atoms. The van der Waals surface area contributed by atoms with E-state index in [0.717, 1.165) is 25.2 Å². The zero-order valence-corrected chi connectivity index (χ0v) is 11.6. The second-order valence-electron chi connectivity index (χ2n) is 4.70. The van der Waals surface area contributed by atoms with E-state index in [4.69, 9.17) is 11.6 Å². The predicted octanol–water partition coefficient (Wildman–Crippen LogP) is 2.74. The van der Waals surface area contributed by atoms with E-state index in [9.17, 15) is 9.18 Å². The standard InChI is InChI=1S/C14H18ClFN2O/c15-12-4-3-5-13(10-12)18-9-8-17(11-14(18)19)7-2-1-6-16/h3-5,10H,1-2,6-9,11H2. The number of carbonyl (C=O) groups excluding carboxylic acids is 1. The maximum Gasteiger partial charge on any atom is 0.241 e. The van der Waals surface area contributed by atoms with Crippen LogP contribution < -0.4 is 4.90 Å². The highest BCUT2D eigenvalue weighted by atomic mass is 35.5. The number of hydrogen-bond acceptors (Lipinski definition) is 2. The summed E-state index contributed by atoms with van der Waals surface area (Å²) in [6.45, 7) is 2.40. The topological polar surface area (TPSA) is 23.6 Å². The summed E-state index contributed by atoms with van der Waals surface area (Å²) < 4.78 is 12.0. The normalized spacial score (nSPS) is 16.9. The molecule has 0 unspecified atom stereocenters. The SMILES string of the molecule is O=C1CN(CCCCF)CCN1c1cccc(Cl)c1. The largest absolute Gasteiger partial charge is 0.310 e. The number of anilines is 1. The molecule has 0 N–H and O–H groups in total. The van der Waals surface area contributed by atoms with Crippen LogP contribution in [0, 0.1) is 0 Å². The van der Waals surface area contributed by atoms with Crippen molar-refractivity contribution < 1.29 is 9.18 Å². The van der Waals surface area contributed by atoms with Crippen molar-refractivity contribution >= 4 is 23.2 Å². The van der Waals surface area contributed by atoms with Crippen LogP contribution in [0.25, 0.3) is 0 Å². The summed E-state index contributed by atoms with van der Waals surface area (Å²) in [7, 11) is 0. The number of benzene rings is 1. The third-order valence-electron chi connectivity index (χ3n) is 3.28. The molecule has 0 atom stereocenters. The van der Waals surface area contributed by atoms with Gasteiger partial charge in [0.05, 0.1) is 13.2 Å². The number of rotatable bonds is 5. The Bertz CT molecular complexity index is 441. The zero-order valence-electron chi connectivity index (χ0n) is 10.8. The molecule has 1 aromatic rings. The van der Waals surface area contributed by atoms with Crippen LogP contribution in [0.5, 0.6) is 0 Å². The van der Waals surface area contributed by atoms with Gasteiger partial charge in [0, 0.05) is 23.8 Å². The Labute approximate surface area is 117 Å². The minimum absolute atomic E-state index is 0.0776. The molecule has 0 aromatic heterocycles.